The van der Waals surface area contributed by atoms with Crippen LogP contribution in [0.2, 0.25) is 0 Å². The van der Waals surface area contributed by atoms with Crippen molar-refractivity contribution in [2.24, 2.45) is 5.92 Å². The van der Waals surface area contributed by atoms with Crippen molar-refractivity contribution in [3.05, 3.63) is 35.4 Å². The molecule has 0 aromatic heterocycles. The Hall–Kier alpha value is -1.39. The van der Waals surface area contributed by atoms with Gasteiger partial charge < -0.3 is 10.4 Å². The van der Waals surface area contributed by atoms with Crippen LogP contribution in [0.3, 0.4) is 0 Å². The van der Waals surface area contributed by atoms with Crippen LogP contribution in [0.1, 0.15) is 35.7 Å². The number of aliphatic hydroxyl groups is 1. The van der Waals surface area contributed by atoms with Gasteiger partial charge in [0.05, 0.1) is 0 Å². The summed E-state index contributed by atoms with van der Waals surface area (Å²) >= 11 is 0. The van der Waals surface area contributed by atoms with Crippen molar-refractivity contribution in [2.75, 3.05) is 26.2 Å². The maximum absolute atomic E-state index is 12.0. The molecule has 1 aliphatic rings. The molecule has 1 aromatic carbocycles. The first-order valence-corrected chi connectivity index (χ1v) is 7.39. The molecule has 1 fully saturated rings. The number of carbonyl (C=O) groups is 1. The van der Waals surface area contributed by atoms with Crippen molar-refractivity contribution in [1.29, 1.82) is 0 Å². The third-order valence-electron chi connectivity index (χ3n) is 3.72. The zero-order chi connectivity index (χ0) is 14.4. The highest BCUT2D eigenvalue weighted by Gasteiger charge is 2.13. The van der Waals surface area contributed by atoms with Crippen LogP contribution in [0.4, 0.5) is 0 Å². The van der Waals surface area contributed by atoms with Gasteiger partial charge in [0, 0.05) is 25.3 Å². The molecular formula is C16H24N2O2. The minimum atomic E-state index is -0.0615. The van der Waals surface area contributed by atoms with Gasteiger partial charge in [-0.3, -0.25) is 9.69 Å². The molecule has 4 nitrogen and oxygen atoms in total. The van der Waals surface area contributed by atoms with Gasteiger partial charge in [0.2, 0.25) is 0 Å². The number of carbonyl (C=O) groups excluding carboxylic acids is 1. The van der Waals surface area contributed by atoms with E-state index in [0.29, 0.717) is 12.1 Å². The molecule has 1 aromatic rings. The number of aliphatic hydroxyl groups excluding tert-OH is 1. The summed E-state index contributed by atoms with van der Waals surface area (Å²) < 4.78 is 0. The average molecular weight is 276 g/mol. The van der Waals surface area contributed by atoms with E-state index in [0.717, 1.165) is 19.6 Å². The van der Waals surface area contributed by atoms with Gasteiger partial charge in [-0.2, -0.15) is 0 Å². The first-order valence-electron chi connectivity index (χ1n) is 7.39. The molecule has 1 unspecified atom stereocenters. The summed E-state index contributed by atoms with van der Waals surface area (Å²) in [5.74, 6) is 0.0281. The SMILES string of the molecule is CC(CO)CNC(=O)c1cccc(CN2CCCC2)c1. The second-order valence-corrected chi connectivity index (χ2v) is 5.68. The fourth-order valence-electron chi connectivity index (χ4n) is 2.44. The van der Waals surface area contributed by atoms with Gasteiger partial charge in [-0.25, -0.2) is 0 Å². The van der Waals surface area contributed by atoms with E-state index in [1.54, 1.807) is 0 Å². The Bertz CT molecular complexity index is 442. The molecule has 0 spiro atoms. The molecule has 1 saturated heterocycles. The van der Waals surface area contributed by atoms with E-state index >= 15 is 0 Å². The molecule has 20 heavy (non-hydrogen) atoms. The van der Waals surface area contributed by atoms with E-state index in [2.05, 4.69) is 16.3 Å². The molecule has 2 rings (SSSR count). The molecule has 1 heterocycles. The first kappa shape index (κ1) is 15.0. The Morgan fingerprint density at radius 1 is 1.40 bits per heavy atom. The largest absolute Gasteiger partial charge is 0.396 e. The molecule has 2 N–H and O–H groups in total. The standard InChI is InChI=1S/C16H24N2O2/c1-13(12-19)10-17-16(20)15-6-4-5-14(9-15)11-18-7-2-3-8-18/h4-6,9,13,19H,2-3,7-8,10-12H2,1H3,(H,17,20). The topological polar surface area (TPSA) is 52.6 Å². The molecule has 0 bridgehead atoms. The second-order valence-electron chi connectivity index (χ2n) is 5.68. The molecule has 1 amide bonds. The number of benzene rings is 1. The number of nitrogens with zero attached hydrogens (tertiary/aromatic N) is 1. The Morgan fingerprint density at radius 2 is 2.15 bits per heavy atom. The lowest BCUT2D eigenvalue weighted by Crippen LogP contribution is -2.29. The highest BCUT2D eigenvalue weighted by molar-refractivity contribution is 5.94. The molecule has 0 radical (unpaired) electrons. The van der Waals surface area contributed by atoms with Gasteiger partial charge in [0.25, 0.3) is 5.91 Å². The predicted molar refractivity (Wildman–Crippen MR) is 79.5 cm³/mol. The second kappa shape index (κ2) is 7.41. The summed E-state index contributed by atoms with van der Waals surface area (Å²) in [4.78, 5) is 14.5. The maximum Gasteiger partial charge on any atom is 0.251 e. The minimum Gasteiger partial charge on any atom is -0.396 e. The normalized spacial score (nSPS) is 17.1. The lowest BCUT2D eigenvalue weighted by Gasteiger charge is -2.15. The number of hydrogen-bond donors (Lipinski definition) is 2. The molecule has 0 saturated carbocycles. The highest BCUT2D eigenvalue weighted by Crippen LogP contribution is 2.13. The van der Waals surface area contributed by atoms with Gasteiger partial charge in [-0.15, -0.1) is 0 Å². The van der Waals surface area contributed by atoms with Crippen LogP contribution in [-0.2, 0) is 6.54 Å². The summed E-state index contributed by atoms with van der Waals surface area (Å²) in [6.45, 7) is 5.74. The van der Waals surface area contributed by atoms with Gasteiger partial charge in [0.1, 0.15) is 0 Å². The number of rotatable bonds is 6. The van der Waals surface area contributed by atoms with Crippen molar-refractivity contribution in [3.63, 3.8) is 0 Å². The Morgan fingerprint density at radius 3 is 2.85 bits per heavy atom. The summed E-state index contributed by atoms with van der Waals surface area (Å²) in [5.41, 5.74) is 1.89. The van der Waals surface area contributed by atoms with Gasteiger partial charge in [-0.05, 0) is 49.5 Å². The first-order chi connectivity index (χ1) is 9.69. The lowest BCUT2D eigenvalue weighted by molar-refractivity contribution is 0.0942. The average Bonchev–Trinajstić information content (AvgIpc) is 2.97. The van der Waals surface area contributed by atoms with E-state index in [1.807, 2.05) is 25.1 Å². The Balaban J connectivity index is 1.92. The smallest absolute Gasteiger partial charge is 0.251 e. The molecule has 4 heteroatoms. The van der Waals surface area contributed by atoms with Crippen LogP contribution in [0.25, 0.3) is 0 Å². The highest BCUT2D eigenvalue weighted by atomic mass is 16.3. The van der Waals surface area contributed by atoms with Crippen LogP contribution >= 0.6 is 0 Å². The molecule has 1 atom stereocenters. The van der Waals surface area contributed by atoms with Crippen LogP contribution in [-0.4, -0.2) is 42.2 Å². The van der Waals surface area contributed by atoms with Gasteiger partial charge in [0.15, 0.2) is 0 Å². The van der Waals surface area contributed by atoms with Crippen molar-refractivity contribution < 1.29 is 9.90 Å². The monoisotopic (exact) mass is 276 g/mol. The van der Waals surface area contributed by atoms with Crippen molar-refractivity contribution in [2.45, 2.75) is 26.3 Å². The van der Waals surface area contributed by atoms with E-state index in [-0.39, 0.29) is 18.4 Å². The Labute approximate surface area is 120 Å². The summed E-state index contributed by atoms with van der Waals surface area (Å²) in [7, 11) is 0. The van der Waals surface area contributed by atoms with Crippen LogP contribution in [0, 0.1) is 5.92 Å². The van der Waals surface area contributed by atoms with E-state index in [9.17, 15) is 4.79 Å². The van der Waals surface area contributed by atoms with Crippen LogP contribution in [0.5, 0.6) is 0 Å². The van der Waals surface area contributed by atoms with Crippen LogP contribution < -0.4 is 5.32 Å². The van der Waals surface area contributed by atoms with Gasteiger partial charge in [-0.1, -0.05) is 19.1 Å². The number of hydrogen-bond acceptors (Lipinski definition) is 3. The van der Waals surface area contributed by atoms with E-state index in [4.69, 9.17) is 5.11 Å². The third kappa shape index (κ3) is 4.32. The number of amides is 1. The maximum atomic E-state index is 12.0. The zero-order valence-electron chi connectivity index (χ0n) is 12.1. The van der Waals surface area contributed by atoms with Crippen molar-refractivity contribution >= 4 is 5.91 Å². The number of likely N-dealkylation sites (tertiary alicyclic amines) is 1. The van der Waals surface area contributed by atoms with Crippen LogP contribution in [0.15, 0.2) is 24.3 Å². The molecule has 0 aliphatic carbocycles. The van der Waals surface area contributed by atoms with Gasteiger partial charge >= 0.3 is 0 Å². The van der Waals surface area contributed by atoms with Crippen molar-refractivity contribution in [1.82, 2.24) is 10.2 Å². The molecule has 1 aliphatic heterocycles. The number of nitrogens with one attached hydrogen (secondary N) is 1. The Kier molecular flexibility index (Phi) is 5.56. The van der Waals surface area contributed by atoms with Crippen molar-refractivity contribution in [3.8, 4) is 0 Å². The van der Waals surface area contributed by atoms with E-state index in [1.165, 1.54) is 18.4 Å². The molecule has 110 valence electrons. The molecular weight excluding hydrogens is 252 g/mol. The summed E-state index contributed by atoms with van der Waals surface area (Å²) in [5, 5.41) is 11.8. The third-order valence-corrected chi connectivity index (χ3v) is 3.72. The fraction of sp³-hybridized carbons (Fsp3) is 0.562. The van der Waals surface area contributed by atoms with E-state index < -0.39 is 0 Å². The quantitative estimate of drug-likeness (QED) is 0.830. The lowest BCUT2D eigenvalue weighted by atomic mass is 10.1. The fourth-order valence-corrected chi connectivity index (χ4v) is 2.44. The summed E-state index contributed by atoms with van der Waals surface area (Å²) in [6, 6.07) is 7.82. The summed E-state index contributed by atoms with van der Waals surface area (Å²) in [6.07, 6.45) is 2.55. The minimum absolute atomic E-state index is 0.0615. The zero-order valence-corrected chi connectivity index (χ0v) is 12.1. The predicted octanol–water partition coefficient (Wildman–Crippen LogP) is 1.64.